The van der Waals surface area contributed by atoms with Crippen LogP contribution in [0, 0.1) is 11.8 Å². The molecule has 4 atom stereocenters. The Morgan fingerprint density at radius 3 is 1.91 bits per heavy atom. The zero-order chi connectivity index (χ0) is 35.8. The summed E-state index contributed by atoms with van der Waals surface area (Å²) >= 11 is 0. The van der Waals surface area contributed by atoms with E-state index in [0.717, 1.165) is 54.9 Å². The SMILES string of the molecule is C[C@@H]1C/C(C2CC=CCC2)=N\C(c2ccc(Oc3ccc(-c4cc(-c5ccccc5)cc(C5C=CC=CC5)c4)cc3)cc2)=C\CC(c2ccccc2)C1. The molecule has 0 aromatic heterocycles. The fourth-order valence-electron chi connectivity index (χ4n) is 8.26. The molecule has 1 aliphatic heterocycles. The van der Waals surface area contributed by atoms with Gasteiger partial charge < -0.3 is 4.74 Å². The standard InChI is InChI=1S/C51H49NO/c1-37-32-44(38-14-6-2-7-15-38)26-31-50(52-51(33-37)42-20-12-5-13-21-42)43-24-29-49(30-25-43)53-48-27-22-41(23-28-48)47-35-45(39-16-8-3-9-17-39)34-46(36-47)40-18-10-4-11-19-40/h2-12,14-18,22-25,27-31,34-37,40,42,44H,13,19-21,26,32-33H2,1H3/b50-31+,52-51+/t37-,40?,42?,44?/m0/s1. The molecule has 53 heavy (non-hydrogen) atoms. The molecule has 2 nitrogen and oxygen atoms in total. The van der Waals surface area contributed by atoms with Crippen LogP contribution in [0.5, 0.6) is 11.5 Å². The van der Waals surface area contributed by atoms with Crippen molar-refractivity contribution in [3.63, 3.8) is 0 Å². The molecule has 0 spiro atoms. The lowest BCUT2D eigenvalue weighted by Gasteiger charge is -2.24. The van der Waals surface area contributed by atoms with Crippen molar-refractivity contribution >= 4 is 11.4 Å². The smallest absolute Gasteiger partial charge is 0.127 e. The van der Waals surface area contributed by atoms with Crippen LogP contribution in [0.25, 0.3) is 28.0 Å². The van der Waals surface area contributed by atoms with Crippen LogP contribution in [-0.2, 0) is 0 Å². The summed E-state index contributed by atoms with van der Waals surface area (Å²) in [5.41, 5.74) is 11.3. The molecular formula is C51H49NO. The van der Waals surface area contributed by atoms with Gasteiger partial charge in [-0.2, -0.15) is 0 Å². The van der Waals surface area contributed by atoms with Crippen LogP contribution in [0.2, 0.25) is 0 Å². The van der Waals surface area contributed by atoms with Crippen molar-refractivity contribution in [2.75, 3.05) is 0 Å². The third-order valence-electron chi connectivity index (χ3n) is 11.2. The Bertz CT molecular complexity index is 2130. The molecule has 0 bridgehead atoms. The Morgan fingerprint density at radius 1 is 0.566 bits per heavy atom. The van der Waals surface area contributed by atoms with Gasteiger partial charge in [-0.3, -0.25) is 4.99 Å². The zero-order valence-corrected chi connectivity index (χ0v) is 30.8. The molecule has 8 rings (SSSR count). The first kappa shape index (κ1) is 34.6. The number of allylic oxidation sites excluding steroid dienone is 7. The maximum absolute atomic E-state index is 6.41. The molecule has 2 aliphatic carbocycles. The van der Waals surface area contributed by atoms with Gasteiger partial charge in [0.05, 0.1) is 5.70 Å². The summed E-state index contributed by atoms with van der Waals surface area (Å²) in [7, 11) is 0. The fraction of sp³-hybridized carbons (Fsp3) is 0.235. The van der Waals surface area contributed by atoms with Crippen molar-refractivity contribution in [3.8, 4) is 33.8 Å². The predicted molar refractivity (Wildman–Crippen MR) is 224 cm³/mol. The molecule has 0 amide bonds. The van der Waals surface area contributed by atoms with Gasteiger partial charge in [-0.1, -0.05) is 134 Å². The van der Waals surface area contributed by atoms with Crippen molar-refractivity contribution < 1.29 is 4.74 Å². The largest absolute Gasteiger partial charge is 0.457 e. The highest BCUT2D eigenvalue weighted by Gasteiger charge is 2.24. The molecule has 3 unspecified atom stereocenters. The summed E-state index contributed by atoms with van der Waals surface area (Å²) in [6, 6.07) is 45.8. The highest BCUT2D eigenvalue weighted by Crippen LogP contribution is 2.37. The number of benzene rings is 5. The number of rotatable bonds is 8. The normalized spacial score (nSPS) is 23.5. The lowest BCUT2D eigenvalue weighted by atomic mass is 9.81. The minimum atomic E-state index is 0.381. The monoisotopic (exact) mass is 691 g/mol. The maximum Gasteiger partial charge on any atom is 0.127 e. The summed E-state index contributed by atoms with van der Waals surface area (Å²) < 4.78 is 6.41. The zero-order valence-electron chi connectivity index (χ0n) is 30.8. The number of nitrogens with zero attached hydrogens (tertiary/aromatic N) is 1. The van der Waals surface area contributed by atoms with E-state index in [1.807, 2.05) is 0 Å². The number of ether oxygens (including phenoxy) is 1. The van der Waals surface area contributed by atoms with Crippen LogP contribution >= 0.6 is 0 Å². The van der Waals surface area contributed by atoms with Gasteiger partial charge >= 0.3 is 0 Å². The van der Waals surface area contributed by atoms with Crippen LogP contribution in [0.4, 0.5) is 0 Å². The van der Waals surface area contributed by atoms with Gasteiger partial charge in [0.15, 0.2) is 0 Å². The number of hydrogen-bond acceptors (Lipinski definition) is 2. The topological polar surface area (TPSA) is 21.6 Å². The lowest BCUT2D eigenvalue weighted by Crippen LogP contribution is -2.19. The Labute approximate surface area is 316 Å². The lowest BCUT2D eigenvalue weighted by molar-refractivity contribution is 0.471. The average Bonchev–Trinajstić information content (AvgIpc) is 3.31. The first-order valence-corrected chi connectivity index (χ1v) is 19.5. The Kier molecular flexibility index (Phi) is 10.8. The molecule has 1 heterocycles. The van der Waals surface area contributed by atoms with Gasteiger partial charge in [0.25, 0.3) is 0 Å². The van der Waals surface area contributed by atoms with E-state index in [9.17, 15) is 0 Å². The molecular weight excluding hydrogens is 643 g/mol. The predicted octanol–water partition coefficient (Wildman–Crippen LogP) is 14.2. The van der Waals surface area contributed by atoms with Crippen molar-refractivity contribution in [3.05, 3.63) is 187 Å². The van der Waals surface area contributed by atoms with Crippen molar-refractivity contribution in [2.45, 2.75) is 63.7 Å². The van der Waals surface area contributed by atoms with Gasteiger partial charge in [0.1, 0.15) is 11.5 Å². The summed E-state index contributed by atoms with van der Waals surface area (Å²) in [4.78, 5) is 5.48. The summed E-state index contributed by atoms with van der Waals surface area (Å²) in [5, 5.41) is 0. The first-order chi connectivity index (χ1) is 26.1. The Morgan fingerprint density at radius 2 is 1.25 bits per heavy atom. The van der Waals surface area contributed by atoms with E-state index in [1.165, 1.54) is 51.9 Å². The molecule has 0 saturated heterocycles. The maximum atomic E-state index is 6.41. The minimum Gasteiger partial charge on any atom is -0.457 e. The number of hydrogen-bond donors (Lipinski definition) is 0. The molecule has 3 aliphatic rings. The second kappa shape index (κ2) is 16.5. The van der Waals surface area contributed by atoms with E-state index < -0.39 is 0 Å². The fourth-order valence-corrected chi connectivity index (χ4v) is 8.26. The van der Waals surface area contributed by atoms with Crippen LogP contribution < -0.4 is 4.74 Å². The molecule has 5 aromatic carbocycles. The Hall–Kier alpha value is -5.47. The number of aliphatic imine (C=N–C) groups is 1. The average molecular weight is 692 g/mol. The van der Waals surface area contributed by atoms with E-state index in [4.69, 9.17) is 9.73 Å². The summed E-state index contributed by atoms with van der Waals surface area (Å²) in [6.45, 7) is 2.42. The van der Waals surface area contributed by atoms with E-state index in [1.54, 1.807) is 0 Å². The van der Waals surface area contributed by atoms with Crippen LogP contribution in [-0.4, -0.2) is 5.71 Å². The van der Waals surface area contributed by atoms with E-state index >= 15 is 0 Å². The molecule has 0 fully saturated rings. The molecule has 0 N–H and O–H groups in total. The Balaban J connectivity index is 1.03. The first-order valence-electron chi connectivity index (χ1n) is 19.5. The van der Waals surface area contributed by atoms with Gasteiger partial charge in [-0.15, -0.1) is 0 Å². The highest BCUT2D eigenvalue weighted by molar-refractivity contribution is 5.92. The summed E-state index contributed by atoms with van der Waals surface area (Å²) in [6.07, 6.45) is 23.6. The van der Waals surface area contributed by atoms with Crippen molar-refractivity contribution in [1.29, 1.82) is 0 Å². The second-order valence-corrected chi connectivity index (χ2v) is 15.1. The van der Waals surface area contributed by atoms with Gasteiger partial charge in [-0.25, -0.2) is 0 Å². The molecule has 0 saturated carbocycles. The van der Waals surface area contributed by atoms with Crippen molar-refractivity contribution in [1.82, 2.24) is 0 Å². The van der Waals surface area contributed by atoms with Gasteiger partial charge in [0.2, 0.25) is 0 Å². The van der Waals surface area contributed by atoms with Crippen LogP contribution in [0.15, 0.2) is 175 Å². The minimum absolute atomic E-state index is 0.381. The second-order valence-electron chi connectivity index (χ2n) is 15.1. The molecule has 0 radical (unpaired) electrons. The van der Waals surface area contributed by atoms with E-state index in [2.05, 4.69) is 177 Å². The molecule has 2 heteroatoms. The molecule has 5 aromatic rings. The van der Waals surface area contributed by atoms with Crippen LogP contribution in [0.3, 0.4) is 0 Å². The quantitative estimate of drug-likeness (QED) is 0.148. The van der Waals surface area contributed by atoms with E-state index in [-0.39, 0.29) is 0 Å². The van der Waals surface area contributed by atoms with Gasteiger partial charge in [0, 0.05) is 23.1 Å². The molecule has 264 valence electrons. The van der Waals surface area contributed by atoms with E-state index in [0.29, 0.717) is 23.7 Å². The van der Waals surface area contributed by atoms with Crippen molar-refractivity contribution in [2.24, 2.45) is 16.8 Å². The highest BCUT2D eigenvalue weighted by atomic mass is 16.5. The summed E-state index contributed by atoms with van der Waals surface area (Å²) in [5.74, 6) is 3.63. The third-order valence-corrected chi connectivity index (χ3v) is 11.2. The van der Waals surface area contributed by atoms with Gasteiger partial charge in [-0.05, 0) is 133 Å². The third kappa shape index (κ3) is 8.61. The van der Waals surface area contributed by atoms with Crippen LogP contribution in [0.1, 0.15) is 80.4 Å².